The van der Waals surface area contributed by atoms with Crippen molar-refractivity contribution in [2.45, 2.75) is 95.4 Å². The maximum absolute atomic E-state index is 15.4. The van der Waals surface area contributed by atoms with E-state index in [2.05, 4.69) is 12.2 Å². The maximum atomic E-state index is 15.4. The molecule has 1 saturated heterocycles. The van der Waals surface area contributed by atoms with E-state index in [-0.39, 0.29) is 40.7 Å². The maximum Gasteiger partial charge on any atom is 0.141 e. The van der Waals surface area contributed by atoms with E-state index in [0.717, 1.165) is 19.3 Å². The molecule has 0 aromatic carbocycles. The number of alkyl halides is 1. The number of nitrogens with one attached hydrogen (secondary N) is 1. The fourth-order valence-corrected chi connectivity index (χ4v) is 6.96. The molecule has 1 aliphatic heterocycles. The first-order chi connectivity index (χ1) is 14.7. The zero-order valence-corrected chi connectivity index (χ0v) is 20.0. The molecule has 1 saturated carbocycles. The number of nitrogens with two attached hydrogens (primary N) is 1. The van der Waals surface area contributed by atoms with E-state index in [4.69, 9.17) is 28.9 Å². The van der Waals surface area contributed by atoms with Crippen LogP contribution in [0.15, 0.2) is 45.3 Å². The van der Waals surface area contributed by atoms with Gasteiger partial charge >= 0.3 is 0 Å². The molecule has 31 heavy (non-hydrogen) atoms. The lowest BCUT2D eigenvalue weighted by atomic mass is 9.63. The van der Waals surface area contributed by atoms with Crippen molar-refractivity contribution in [3.63, 3.8) is 0 Å². The highest BCUT2D eigenvalue weighted by atomic mass is 35.5. The van der Waals surface area contributed by atoms with Gasteiger partial charge in [0.1, 0.15) is 12.0 Å². The van der Waals surface area contributed by atoms with Gasteiger partial charge in [-0.2, -0.15) is 0 Å². The van der Waals surface area contributed by atoms with Gasteiger partial charge < -0.3 is 11.1 Å². The van der Waals surface area contributed by atoms with E-state index in [1.165, 1.54) is 19.3 Å². The van der Waals surface area contributed by atoms with Gasteiger partial charge in [-0.3, -0.25) is 0 Å². The van der Waals surface area contributed by atoms with Gasteiger partial charge in [-0.05, 0) is 61.7 Å². The molecule has 3 N–H and O–H groups in total. The second-order valence-electron chi connectivity index (χ2n) is 10.3. The molecule has 4 aliphatic rings. The van der Waals surface area contributed by atoms with Crippen LogP contribution in [0.2, 0.25) is 0 Å². The highest BCUT2D eigenvalue weighted by molar-refractivity contribution is 6.31. The molecule has 0 radical (unpaired) electrons. The van der Waals surface area contributed by atoms with Gasteiger partial charge in [0.25, 0.3) is 0 Å². The van der Waals surface area contributed by atoms with Gasteiger partial charge in [0, 0.05) is 29.5 Å². The molecule has 172 valence electrons. The zero-order valence-electron chi connectivity index (χ0n) is 18.5. The molecule has 5 unspecified atom stereocenters. The highest BCUT2D eigenvalue weighted by Gasteiger charge is 2.57. The molecule has 0 aromatic heterocycles. The second kappa shape index (κ2) is 8.93. The van der Waals surface area contributed by atoms with E-state index in [1.54, 1.807) is 18.2 Å². The Labute approximate surface area is 195 Å². The third-order valence-electron chi connectivity index (χ3n) is 8.07. The van der Waals surface area contributed by atoms with Crippen molar-refractivity contribution in [1.29, 1.82) is 0 Å². The van der Waals surface area contributed by atoms with Crippen LogP contribution in [0.4, 0.5) is 8.78 Å². The molecule has 2 nitrogen and oxygen atoms in total. The van der Waals surface area contributed by atoms with Crippen molar-refractivity contribution in [3.05, 3.63) is 45.3 Å². The molecular weight excluding hydrogens is 437 g/mol. The Bertz CT molecular complexity index is 840. The van der Waals surface area contributed by atoms with E-state index in [0.29, 0.717) is 29.0 Å². The van der Waals surface area contributed by atoms with Crippen molar-refractivity contribution in [3.8, 4) is 0 Å². The lowest BCUT2D eigenvalue weighted by Crippen LogP contribution is -2.59. The van der Waals surface area contributed by atoms with Crippen LogP contribution in [0.5, 0.6) is 0 Å². The van der Waals surface area contributed by atoms with Crippen molar-refractivity contribution < 1.29 is 8.78 Å². The summed E-state index contributed by atoms with van der Waals surface area (Å²) in [5, 5.41) is 4.31. The van der Waals surface area contributed by atoms with E-state index >= 15 is 8.78 Å². The summed E-state index contributed by atoms with van der Waals surface area (Å²) in [6.45, 7) is 4.37. The normalized spacial score (nSPS) is 38.6. The monoisotopic (exact) mass is 470 g/mol. The van der Waals surface area contributed by atoms with Gasteiger partial charge in [0.15, 0.2) is 0 Å². The Balaban J connectivity index is 1.79. The minimum absolute atomic E-state index is 0.0833. The molecule has 0 bridgehead atoms. The Morgan fingerprint density at radius 2 is 1.90 bits per heavy atom. The Kier molecular flexibility index (Phi) is 6.76. The standard InChI is InChI=1S/C25H34Cl2F2N2/c1-15-22(17-7-6-8-19(27)23(17)29)25(30,18-10-9-16(26)13-20(18)28)21(31-15)14-24(2)11-4-3-5-12-24/h8-10,15,20-22,31H,3-7,11-14,30H2,1-2H3. The molecule has 0 spiro atoms. The summed E-state index contributed by atoms with van der Waals surface area (Å²) >= 11 is 12.3. The predicted octanol–water partition coefficient (Wildman–Crippen LogP) is 6.95. The van der Waals surface area contributed by atoms with Gasteiger partial charge in [0.05, 0.1) is 10.6 Å². The Morgan fingerprint density at radius 1 is 1.19 bits per heavy atom. The fraction of sp³-hybridized carbons (Fsp3) is 0.680. The second-order valence-corrected chi connectivity index (χ2v) is 11.2. The third-order valence-corrected chi connectivity index (χ3v) is 8.67. The topological polar surface area (TPSA) is 38.0 Å². The zero-order chi connectivity index (χ0) is 22.4. The molecule has 5 atom stereocenters. The van der Waals surface area contributed by atoms with Crippen molar-refractivity contribution >= 4 is 23.2 Å². The minimum atomic E-state index is -1.27. The third kappa shape index (κ3) is 4.30. The molecule has 3 aliphatic carbocycles. The molecule has 0 aromatic rings. The van der Waals surface area contributed by atoms with Crippen LogP contribution in [-0.2, 0) is 0 Å². The summed E-state index contributed by atoms with van der Waals surface area (Å²) in [6, 6.07) is -0.227. The first-order valence-corrected chi connectivity index (χ1v) is 12.4. The van der Waals surface area contributed by atoms with Crippen LogP contribution in [0, 0.1) is 11.3 Å². The number of allylic oxidation sites excluding steroid dienone is 6. The molecule has 0 amide bonds. The highest BCUT2D eigenvalue weighted by Crippen LogP contribution is 2.51. The average molecular weight is 471 g/mol. The quantitative estimate of drug-likeness (QED) is 0.466. The summed E-state index contributed by atoms with van der Waals surface area (Å²) in [7, 11) is 0. The molecular formula is C25H34Cl2F2N2. The number of rotatable bonds is 4. The van der Waals surface area contributed by atoms with Crippen molar-refractivity contribution in [2.75, 3.05) is 0 Å². The smallest absolute Gasteiger partial charge is 0.141 e. The van der Waals surface area contributed by atoms with Gasteiger partial charge in [0.2, 0.25) is 0 Å². The van der Waals surface area contributed by atoms with Crippen molar-refractivity contribution in [1.82, 2.24) is 5.32 Å². The molecule has 2 fully saturated rings. The summed E-state index contributed by atoms with van der Waals surface area (Å²) in [4.78, 5) is 0. The SMILES string of the molecule is CC1NC(CC2(C)CCCCC2)C(N)(C2=CC=C(Cl)CC2F)C1C1=C(F)C(Cl)=CCC1. The van der Waals surface area contributed by atoms with Gasteiger partial charge in [-0.15, -0.1) is 0 Å². The van der Waals surface area contributed by atoms with E-state index < -0.39 is 11.7 Å². The van der Waals surface area contributed by atoms with Crippen molar-refractivity contribution in [2.24, 2.45) is 17.1 Å². The fourth-order valence-electron chi connectivity index (χ4n) is 6.53. The summed E-state index contributed by atoms with van der Waals surface area (Å²) in [5.74, 6) is -0.742. The average Bonchev–Trinajstić information content (AvgIpc) is 2.94. The number of halogens is 4. The lowest BCUT2D eigenvalue weighted by molar-refractivity contribution is 0.156. The van der Waals surface area contributed by atoms with Crippen LogP contribution in [-0.4, -0.2) is 23.8 Å². The van der Waals surface area contributed by atoms with Gasteiger partial charge in [-0.1, -0.05) is 61.5 Å². The largest absolute Gasteiger partial charge is 0.320 e. The summed E-state index contributed by atoms with van der Waals surface area (Å²) < 4.78 is 30.7. The summed E-state index contributed by atoms with van der Waals surface area (Å²) in [6.07, 6.45) is 12.1. The van der Waals surface area contributed by atoms with E-state index in [9.17, 15) is 0 Å². The molecule has 4 rings (SSSR count). The number of hydrogen-bond acceptors (Lipinski definition) is 2. The Morgan fingerprint density at radius 3 is 2.58 bits per heavy atom. The van der Waals surface area contributed by atoms with Crippen LogP contribution >= 0.6 is 23.2 Å². The van der Waals surface area contributed by atoms with Crippen LogP contribution in [0.1, 0.15) is 71.6 Å². The lowest BCUT2D eigenvalue weighted by Gasteiger charge is -2.45. The van der Waals surface area contributed by atoms with E-state index in [1.807, 2.05) is 6.92 Å². The van der Waals surface area contributed by atoms with Crippen LogP contribution in [0.3, 0.4) is 0 Å². The van der Waals surface area contributed by atoms with Gasteiger partial charge in [-0.25, -0.2) is 8.78 Å². The summed E-state index contributed by atoms with van der Waals surface area (Å²) in [5.41, 5.74) is 7.54. The first kappa shape index (κ1) is 23.5. The minimum Gasteiger partial charge on any atom is -0.320 e. The number of hydrogen-bond donors (Lipinski definition) is 2. The van der Waals surface area contributed by atoms with Crippen LogP contribution in [0.25, 0.3) is 0 Å². The molecule has 1 heterocycles. The predicted molar refractivity (Wildman–Crippen MR) is 125 cm³/mol. The van der Waals surface area contributed by atoms with Crippen LogP contribution < -0.4 is 11.1 Å². The Hall–Kier alpha value is -0.680. The molecule has 6 heteroatoms. The first-order valence-electron chi connectivity index (χ1n) is 11.7.